The van der Waals surface area contributed by atoms with E-state index in [0.717, 1.165) is 102 Å². The van der Waals surface area contributed by atoms with E-state index in [2.05, 4.69) is 21.3 Å². The van der Waals surface area contributed by atoms with Gasteiger partial charge >= 0.3 is 11.9 Å². The Balaban J connectivity index is 0.871. The minimum absolute atomic E-state index is 0.218. The lowest BCUT2D eigenvalue weighted by Crippen LogP contribution is -2.45. The molecule has 15 heteroatoms. The van der Waals surface area contributed by atoms with Gasteiger partial charge in [-0.2, -0.15) is 18.3 Å². The molecule has 2 saturated heterocycles. The monoisotopic (exact) mass is 770 g/mol. The lowest BCUT2D eigenvalue weighted by Gasteiger charge is -2.37. The van der Waals surface area contributed by atoms with E-state index < -0.39 is 23.8 Å². The van der Waals surface area contributed by atoms with E-state index in [4.69, 9.17) is 5.10 Å². The fraction of sp³-hybridized carbons (Fsp3) is 0.463. The summed E-state index contributed by atoms with van der Waals surface area (Å²) in [6.45, 7) is 4.80. The number of imide groups is 1. The average molecular weight is 771 g/mol. The number of aryl methyl sites for hydroxylation is 2. The Kier molecular flexibility index (Phi) is 9.83. The van der Waals surface area contributed by atoms with Crippen molar-refractivity contribution >= 4 is 45.3 Å². The topological polar surface area (TPSA) is 127 Å². The van der Waals surface area contributed by atoms with Crippen LogP contribution in [0, 0.1) is 12.8 Å². The van der Waals surface area contributed by atoms with Crippen LogP contribution in [0.15, 0.2) is 59.5 Å². The molecule has 3 aromatic heterocycles. The highest BCUT2D eigenvalue weighted by Crippen LogP contribution is 2.38. The first kappa shape index (κ1) is 37.6. The number of halogens is 3. The number of benzene rings is 2. The number of likely N-dealkylation sites (tertiary alicyclic amines) is 2. The van der Waals surface area contributed by atoms with Gasteiger partial charge in [-0.05, 0) is 118 Å². The number of fused-ring (bicyclic) bond motifs is 2. The van der Waals surface area contributed by atoms with Crippen molar-refractivity contribution in [1.29, 1.82) is 0 Å². The molecule has 56 heavy (non-hydrogen) atoms. The molecule has 1 aliphatic carbocycles. The average Bonchev–Trinajstić information content (AvgIpc) is 3.71. The summed E-state index contributed by atoms with van der Waals surface area (Å²) in [7, 11) is 3.26. The molecule has 1 atom stereocenters. The molecule has 12 nitrogen and oxygen atoms in total. The molecule has 2 aliphatic heterocycles. The molecule has 0 bridgehead atoms. The summed E-state index contributed by atoms with van der Waals surface area (Å²) in [6.07, 6.45) is 4.02. The number of alkyl halides is 3. The van der Waals surface area contributed by atoms with Crippen LogP contribution in [0.5, 0.6) is 0 Å². The Labute approximate surface area is 321 Å². The fourth-order valence-electron chi connectivity index (χ4n) is 9.04. The largest absolute Gasteiger partial charge is 0.433 e. The maximum atomic E-state index is 13.5. The van der Waals surface area contributed by atoms with Crippen LogP contribution in [-0.4, -0.2) is 78.1 Å². The number of carbonyl (C=O) groups excluding carboxylic acids is 3. The van der Waals surface area contributed by atoms with E-state index >= 15 is 0 Å². The Morgan fingerprint density at radius 3 is 2.39 bits per heavy atom. The number of para-hydroxylation sites is 1. The number of hydrogen-bond donors (Lipinski definition) is 1. The maximum absolute atomic E-state index is 13.5. The highest BCUT2D eigenvalue weighted by molar-refractivity contribution is 6.04. The zero-order valence-corrected chi connectivity index (χ0v) is 31.7. The van der Waals surface area contributed by atoms with Crippen LogP contribution in [0.1, 0.15) is 96.7 Å². The lowest BCUT2D eigenvalue weighted by atomic mass is 9.84. The summed E-state index contributed by atoms with van der Waals surface area (Å²) in [5.41, 5.74) is 3.13. The molecule has 1 N–H and O–H groups in total. The van der Waals surface area contributed by atoms with Crippen molar-refractivity contribution in [3.05, 3.63) is 87.7 Å². The second kappa shape index (κ2) is 14.6. The predicted octanol–water partition coefficient (Wildman–Crippen LogP) is 6.60. The standard InChI is InChI=1S/C41H45F3N8O4/c1-24-20-32-27(21-31(24)46-38(54)30-7-5-9-35(45-30)41(42,43)44)23-51(47-32)28-12-10-25(11-13-28)22-50-18-16-26(17-19-50)29-6-4-8-33-37(29)49(3)40(56)52(33)34-14-15-36(53)48(2)39(34)55/h4-9,20-21,23,25-26,28,34H,10-19,22H2,1-3H3,(H,46,54)/t25-,28-,34?. The SMILES string of the molecule is Cc1cc2nn([C@H]3CC[C@H](CN4CCC(c5cccc6c5n(C)c(=O)n6C5CCC(=O)N(C)C5=O)CC4)CC3)cc2cc1NC(=O)c1cccc(C(F)(F)F)n1. The zero-order chi connectivity index (χ0) is 39.5. The summed E-state index contributed by atoms with van der Waals surface area (Å²) in [6, 6.07) is 12.5. The number of pyridine rings is 1. The van der Waals surface area contributed by atoms with Crippen LogP contribution in [0.2, 0.25) is 0 Å². The molecular weight excluding hydrogens is 725 g/mol. The zero-order valence-electron chi connectivity index (χ0n) is 31.7. The normalized spacial score (nSPS) is 21.7. The quantitative estimate of drug-likeness (QED) is 0.185. The van der Waals surface area contributed by atoms with Crippen LogP contribution in [0.4, 0.5) is 18.9 Å². The second-order valence-corrected chi connectivity index (χ2v) is 15.7. The van der Waals surface area contributed by atoms with Gasteiger partial charge in [0.1, 0.15) is 17.4 Å². The van der Waals surface area contributed by atoms with Crippen molar-refractivity contribution < 1.29 is 27.6 Å². The van der Waals surface area contributed by atoms with Gasteiger partial charge in [0.25, 0.3) is 11.8 Å². The summed E-state index contributed by atoms with van der Waals surface area (Å²) in [4.78, 5) is 58.8. The van der Waals surface area contributed by atoms with Crippen LogP contribution >= 0.6 is 0 Å². The Morgan fingerprint density at radius 1 is 0.929 bits per heavy atom. The Morgan fingerprint density at radius 2 is 1.66 bits per heavy atom. The molecular formula is C41H45F3N8O4. The number of nitrogens with one attached hydrogen (secondary N) is 1. The molecule has 0 radical (unpaired) electrons. The van der Waals surface area contributed by atoms with E-state index in [1.54, 1.807) is 16.2 Å². The third kappa shape index (κ3) is 7.01. The third-order valence-corrected chi connectivity index (χ3v) is 12.2. The van der Waals surface area contributed by atoms with Crippen molar-refractivity contribution in [1.82, 2.24) is 33.7 Å². The number of amides is 3. The number of likely N-dealkylation sites (N-methyl/N-ethyl adjacent to an activating group) is 1. The molecule has 1 saturated carbocycles. The molecule has 2 aromatic carbocycles. The molecule has 1 unspecified atom stereocenters. The van der Waals surface area contributed by atoms with Gasteiger partial charge in [-0.15, -0.1) is 0 Å². The van der Waals surface area contributed by atoms with Crippen molar-refractivity contribution in [2.24, 2.45) is 13.0 Å². The second-order valence-electron chi connectivity index (χ2n) is 15.7. The summed E-state index contributed by atoms with van der Waals surface area (Å²) in [5.74, 6) is -0.397. The third-order valence-electron chi connectivity index (χ3n) is 12.2. The van der Waals surface area contributed by atoms with Crippen molar-refractivity contribution in [3.63, 3.8) is 0 Å². The first-order chi connectivity index (χ1) is 26.8. The number of anilines is 1. The van der Waals surface area contributed by atoms with Gasteiger partial charge in [0, 0.05) is 44.3 Å². The van der Waals surface area contributed by atoms with Crippen molar-refractivity contribution in [3.8, 4) is 0 Å². The lowest BCUT2D eigenvalue weighted by molar-refractivity contribution is -0.149. The van der Waals surface area contributed by atoms with E-state index in [1.165, 1.54) is 19.2 Å². The van der Waals surface area contributed by atoms with Gasteiger partial charge in [-0.1, -0.05) is 18.2 Å². The maximum Gasteiger partial charge on any atom is 0.433 e. The van der Waals surface area contributed by atoms with Crippen LogP contribution in [0.3, 0.4) is 0 Å². The summed E-state index contributed by atoms with van der Waals surface area (Å²) < 4.78 is 44.7. The summed E-state index contributed by atoms with van der Waals surface area (Å²) >= 11 is 0. The van der Waals surface area contributed by atoms with Crippen LogP contribution in [0.25, 0.3) is 21.9 Å². The molecule has 3 aliphatic rings. The first-order valence-electron chi connectivity index (χ1n) is 19.3. The van der Waals surface area contributed by atoms with E-state index in [1.807, 2.05) is 42.1 Å². The molecule has 8 rings (SSSR count). The van der Waals surface area contributed by atoms with Crippen LogP contribution < -0.4 is 11.0 Å². The first-order valence-corrected chi connectivity index (χ1v) is 19.3. The fourth-order valence-corrected chi connectivity index (χ4v) is 9.04. The minimum Gasteiger partial charge on any atom is -0.320 e. The molecule has 3 amide bonds. The molecule has 0 spiro atoms. The smallest absolute Gasteiger partial charge is 0.320 e. The summed E-state index contributed by atoms with van der Waals surface area (Å²) in [5, 5.41) is 8.43. The minimum atomic E-state index is -4.64. The number of hydrogen-bond acceptors (Lipinski definition) is 7. The van der Waals surface area contributed by atoms with Crippen molar-refractivity contribution in [2.45, 2.75) is 82.5 Å². The highest BCUT2D eigenvalue weighted by atomic mass is 19.4. The van der Waals surface area contributed by atoms with E-state index in [9.17, 15) is 32.3 Å². The Bertz CT molecular complexity index is 2400. The molecule has 294 valence electrons. The number of imidazole rings is 1. The van der Waals surface area contributed by atoms with Gasteiger partial charge in [-0.3, -0.25) is 33.1 Å². The number of rotatable bonds is 7. The number of carbonyl (C=O) groups is 3. The van der Waals surface area contributed by atoms with Gasteiger partial charge in [-0.25, -0.2) is 9.78 Å². The van der Waals surface area contributed by atoms with E-state index in [-0.39, 0.29) is 35.7 Å². The van der Waals surface area contributed by atoms with Gasteiger partial charge in [0.2, 0.25) is 5.91 Å². The van der Waals surface area contributed by atoms with Crippen LogP contribution in [-0.2, 0) is 22.8 Å². The van der Waals surface area contributed by atoms with E-state index in [0.29, 0.717) is 23.9 Å². The number of piperidine rings is 2. The van der Waals surface area contributed by atoms with Gasteiger partial charge < -0.3 is 10.2 Å². The van der Waals surface area contributed by atoms with Gasteiger partial charge in [0.05, 0.1) is 22.6 Å². The molecule has 5 heterocycles. The molecule has 3 fully saturated rings. The predicted molar refractivity (Wildman–Crippen MR) is 204 cm³/mol. The molecule has 5 aromatic rings. The highest BCUT2D eigenvalue weighted by Gasteiger charge is 2.37. The number of aromatic nitrogens is 5. The Hall–Kier alpha value is -5.31. The van der Waals surface area contributed by atoms with Crippen molar-refractivity contribution in [2.75, 3.05) is 32.0 Å². The van der Waals surface area contributed by atoms with Gasteiger partial charge in [0.15, 0.2) is 0 Å². The number of nitrogens with zero attached hydrogens (tertiary/aromatic N) is 7.